The van der Waals surface area contributed by atoms with Crippen LogP contribution in [-0.2, 0) is 15.0 Å². The van der Waals surface area contributed by atoms with Crippen molar-refractivity contribution < 1.29 is 9.59 Å². The van der Waals surface area contributed by atoms with Crippen LogP contribution in [0.4, 0.5) is 5.69 Å². The van der Waals surface area contributed by atoms with Gasteiger partial charge in [-0.05, 0) is 18.8 Å². The van der Waals surface area contributed by atoms with E-state index in [1.165, 1.54) is 4.57 Å². The van der Waals surface area contributed by atoms with Gasteiger partial charge in [0.1, 0.15) is 29.4 Å². The molecule has 7 nitrogen and oxygen atoms in total. The fourth-order valence-corrected chi connectivity index (χ4v) is 3.39. The largest absolute Gasteiger partial charge is 0.398 e. The minimum atomic E-state index is -1.20. The fraction of sp³-hybridized carbons (Fsp3) is 0.286. The molecule has 10 heteroatoms. The van der Waals surface area contributed by atoms with Gasteiger partial charge in [-0.15, -0.1) is 0 Å². The van der Waals surface area contributed by atoms with E-state index in [1.807, 2.05) is 13.9 Å². The van der Waals surface area contributed by atoms with Gasteiger partial charge in [0, 0.05) is 12.1 Å². The number of carbonyl (C=O) groups is 2. The molecule has 0 spiro atoms. The summed E-state index contributed by atoms with van der Waals surface area (Å²) in [6, 6.07) is 3.56. The second kappa shape index (κ2) is 5.26. The second-order valence-electron chi connectivity index (χ2n) is 6.62. The lowest BCUT2D eigenvalue weighted by atomic mass is 9.56. The Hall–Kier alpha value is -2.51. The number of carbonyl (C=O) groups excluding carboxylic acids is 2. The van der Waals surface area contributed by atoms with Crippen LogP contribution in [0.2, 0.25) is 5.82 Å². The molecule has 0 radical (unpaired) electrons. The maximum Gasteiger partial charge on any atom is 0.263 e. The molecule has 1 aromatic carbocycles. The van der Waals surface area contributed by atoms with E-state index in [9.17, 15) is 14.4 Å². The monoisotopic (exact) mass is 322 g/mol. The van der Waals surface area contributed by atoms with Crippen molar-refractivity contribution in [2.45, 2.75) is 24.6 Å². The van der Waals surface area contributed by atoms with E-state index in [0.29, 0.717) is 22.4 Å². The number of anilines is 1. The summed E-state index contributed by atoms with van der Waals surface area (Å²) in [5, 5.41) is 2.64. The topological polar surface area (TPSA) is 107 Å². The van der Waals surface area contributed by atoms with Gasteiger partial charge in [-0.2, -0.15) is 0 Å². The van der Waals surface area contributed by atoms with Gasteiger partial charge >= 0.3 is 0 Å². The Bertz CT molecular complexity index is 958. The molecule has 1 saturated heterocycles. The van der Waals surface area contributed by atoms with Crippen LogP contribution in [0.1, 0.15) is 12.2 Å². The number of hydrogen-bond donors (Lipinski definition) is 2. The quantitative estimate of drug-likeness (QED) is 0.319. The smallest absolute Gasteiger partial charge is 0.263 e. The lowest BCUT2D eigenvalue weighted by molar-refractivity contribution is -0.137. The summed E-state index contributed by atoms with van der Waals surface area (Å²) in [6.45, 7) is 1.68. The Morgan fingerprint density at radius 3 is 2.67 bits per heavy atom. The number of nitrogens with zero attached hydrogens (tertiary/aromatic N) is 2. The third-order valence-electron chi connectivity index (χ3n) is 5.09. The SMILES string of the molecule is Bc1ccc2nc(C)n(C3(B)C(=O)NC(=O)CC3B)c(=O)c2c1N. The molecule has 2 unspecified atom stereocenters. The molecule has 1 aliphatic heterocycles. The average Bonchev–Trinajstić information content (AvgIpc) is 2.48. The van der Waals surface area contributed by atoms with Gasteiger partial charge in [0.2, 0.25) is 11.8 Å². The fourth-order valence-electron chi connectivity index (χ4n) is 3.39. The number of aromatic nitrogens is 2. The molecule has 3 N–H and O–H groups in total. The van der Waals surface area contributed by atoms with E-state index >= 15 is 0 Å². The third kappa shape index (κ3) is 2.09. The van der Waals surface area contributed by atoms with Crippen molar-refractivity contribution in [3.05, 3.63) is 28.3 Å². The van der Waals surface area contributed by atoms with Crippen LogP contribution in [0.25, 0.3) is 10.9 Å². The highest BCUT2D eigenvalue weighted by molar-refractivity contribution is 6.37. The number of imide groups is 1. The lowest BCUT2D eigenvalue weighted by Crippen LogP contribution is -2.61. The Labute approximate surface area is 141 Å². The van der Waals surface area contributed by atoms with Crippen molar-refractivity contribution in [3.8, 4) is 0 Å². The summed E-state index contributed by atoms with van der Waals surface area (Å²) in [4.78, 5) is 41.9. The van der Waals surface area contributed by atoms with Crippen LogP contribution in [-0.4, -0.2) is 44.9 Å². The number of fused-ring (bicyclic) bond motifs is 1. The van der Waals surface area contributed by atoms with E-state index in [0.717, 1.165) is 5.46 Å². The zero-order valence-corrected chi connectivity index (χ0v) is 14.1. The van der Waals surface area contributed by atoms with Gasteiger partial charge < -0.3 is 5.73 Å². The number of benzene rings is 1. The summed E-state index contributed by atoms with van der Waals surface area (Å²) < 4.78 is 1.37. The first-order valence-electron chi connectivity index (χ1n) is 7.81. The van der Waals surface area contributed by atoms with Gasteiger partial charge in [-0.1, -0.05) is 11.5 Å². The predicted octanol–water partition coefficient (Wildman–Crippen LogP) is -3.70. The molecular formula is C14H17B3N4O3. The van der Waals surface area contributed by atoms with Crippen molar-refractivity contribution in [2.75, 3.05) is 5.73 Å². The standard InChI is InChI=1S/C14H17B3N4O3/c1-5-19-7-3-2-6(15)11(18)10(7)12(23)21(5)14(17)8(16)4-9(22)20-13(14)24/h2-3,8H,4,15-18H2,1H3,(H,20,22,24). The number of nitrogens with two attached hydrogens (primary N) is 1. The molecule has 1 aliphatic rings. The number of rotatable bonds is 1. The molecule has 3 rings (SSSR count). The highest BCUT2D eigenvalue weighted by Gasteiger charge is 2.47. The van der Waals surface area contributed by atoms with Crippen LogP contribution in [0.5, 0.6) is 0 Å². The number of piperidine rings is 1. The molecule has 0 saturated carbocycles. The van der Waals surface area contributed by atoms with E-state index < -0.39 is 11.3 Å². The summed E-state index contributed by atoms with van der Waals surface area (Å²) in [6.07, 6.45) is 0.162. The molecule has 2 amide bonds. The highest BCUT2D eigenvalue weighted by atomic mass is 16.2. The van der Waals surface area contributed by atoms with Crippen LogP contribution >= 0.6 is 0 Å². The van der Waals surface area contributed by atoms with E-state index in [1.54, 1.807) is 28.7 Å². The number of hydrogen-bond acceptors (Lipinski definition) is 5. The zero-order chi connectivity index (χ0) is 17.8. The van der Waals surface area contributed by atoms with Crippen molar-refractivity contribution in [3.63, 3.8) is 0 Å². The van der Waals surface area contributed by atoms with Crippen molar-refractivity contribution in [1.29, 1.82) is 0 Å². The predicted molar refractivity (Wildman–Crippen MR) is 99.9 cm³/mol. The number of amides is 2. The van der Waals surface area contributed by atoms with Gasteiger partial charge in [0.15, 0.2) is 0 Å². The van der Waals surface area contributed by atoms with Crippen LogP contribution < -0.4 is 22.1 Å². The summed E-state index contributed by atoms with van der Waals surface area (Å²) in [7, 11) is 5.26. The Morgan fingerprint density at radius 1 is 1.38 bits per heavy atom. The Balaban J connectivity index is 2.38. The molecule has 1 fully saturated rings. The number of nitrogen functional groups attached to an aromatic ring is 1. The van der Waals surface area contributed by atoms with Crippen LogP contribution in [0.3, 0.4) is 0 Å². The first-order valence-corrected chi connectivity index (χ1v) is 7.81. The summed E-state index contributed by atoms with van der Waals surface area (Å²) >= 11 is 0. The van der Waals surface area contributed by atoms with Gasteiger partial charge in [-0.25, -0.2) is 4.98 Å². The van der Waals surface area contributed by atoms with E-state index in [-0.39, 0.29) is 23.7 Å². The molecule has 24 heavy (non-hydrogen) atoms. The van der Waals surface area contributed by atoms with E-state index in [4.69, 9.17) is 5.73 Å². The lowest BCUT2D eigenvalue weighted by Gasteiger charge is -2.40. The minimum absolute atomic E-state index is 0.162. The maximum absolute atomic E-state index is 13.2. The molecule has 0 bridgehead atoms. The molecule has 2 aromatic rings. The summed E-state index contributed by atoms with van der Waals surface area (Å²) in [5.74, 6) is -0.765. The summed E-state index contributed by atoms with van der Waals surface area (Å²) in [5.41, 5.74) is 6.17. The normalized spacial score (nSPS) is 24.1. The molecular weight excluding hydrogens is 305 g/mol. The maximum atomic E-state index is 13.2. The van der Waals surface area contributed by atoms with Crippen molar-refractivity contribution in [1.82, 2.24) is 14.9 Å². The molecule has 120 valence electrons. The van der Waals surface area contributed by atoms with Gasteiger partial charge in [0.05, 0.1) is 16.3 Å². The molecule has 2 atom stereocenters. The van der Waals surface area contributed by atoms with Crippen molar-refractivity contribution in [2.24, 2.45) is 0 Å². The number of nitrogens with one attached hydrogen (secondary N) is 1. The Kier molecular flexibility index (Phi) is 3.58. The van der Waals surface area contributed by atoms with Gasteiger partial charge in [0.25, 0.3) is 5.56 Å². The molecule has 2 heterocycles. The van der Waals surface area contributed by atoms with E-state index in [2.05, 4.69) is 10.3 Å². The molecule has 1 aromatic heterocycles. The minimum Gasteiger partial charge on any atom is -0.398 e. The average molecular weight is 322 g/mol. The first kappa shape index (κ1) is 16.4. The third-order valence-corrected chi connectivity index (χ3v) is 5.09. The zero-order valence-electron chi connectivity index (χ0n) is 14.1. The highest BCUT2D eigenvalue weighted by Crippen LogP contribution is 2.32. The van der Waals surface area contributed by atoms with Crippen LogP contribution in [0.15, 0.2) is 16.9 Å². The van der Waals surface area contributed by atoms with Crippen molar-refractivity contribution >= 4 is 57.4 Å². The van der Waals surface area contributed by atoms with Crippen LogP contribution in [0, 0.1) is 6.92 Å². The molecule has 0 aliphatic carbocycles. The number of aryl methyl sites for hydroxylation is 1. The first-order chi connectivity index (χ1) is 11.2. The van der Waals surface area contributed by atoms with Gasteiger partial charge in [-0.3, -0.25) is 24.3 Å². The Morgan fingerprint density at radius 2 is 2.04 bits per heavy atom. The second-order valence-corrected chi connectivity index (χ2v) is 6.62.